The maximum absolute atomic E-state index is 11.9. The Morgan fingerprint density at radius 2 is 1.88 bits per heavy atom. The van der Waals surface area contributed by atoms with E-state index in [-0.39, 0.29) is 18.8 Å². The van der Waals surface area contributed by atoms with E-state index < -0.39 is 0 Å². The number of guanidine groups is 1. The Morgan fingerprint density at radius 1 is 1.12 bits per heavy atom. The number of nitrogens with zero attached hydrogens (tertiary/aromatic N) is 2. The number of benzene rings is 2. The van der Waals surface area contributed by atoms with Gasteiger partial charge in [0.1, 0.15) is 5.75 Å². The predicted molar refractivity (Wildman–Crippen MR) is 126 cm³/mol. The minimum Gasteiger partial charge on any atom is -0.491 e. The Kier molecular flexibility index (Phi) is 8.19. The SMILES string of the molecule is CC(C)Oc1ccc(NC(=NCCC(=O)N(C)C)NCCc2ccc3c(c2)OCO3)cc1. The number of nitrogens with one attached hydrogen (secondary N) is 2. The van der Waals surface area contributed by atoms with Crippen LogP contribution in [0.3, 0.4) is 0 Å². The largest absolute Gasteiger partial charge is 0.491 e. The van der Waals surface area contributed by atoms with Crippen molar-refractivity contribution in [1.82, 2.24) is 10.2 Å². The average Bonchev–Trinajstić information content (AvgIpc) is 3.22. The summed E-state index contributed by atoms with van der Waals surface area (Å²) in [6, 6.07) is 13.7. The van der Waals surface area contributed by atoms with Crippen LogP contribution in [0.4, 0.5) is 5.69 Å². The van der Waals surface area contributed by atoms with Crippen LogP contribution in [0.2, 0.25) is 0 Å². The Bertz CT molecular complexity index is 926. The molecule has 2 N–H and O–H groups in total. The van der Waals surface area contributed by atoms with Crippen LogP contribution in [0, 0.1) is 0 Å². The van der Waals surface area contributed by atoms with Gasteiger partial charge in [0.15, 0.2) is 17.5 Å². The van der Waals surface area contributed by atoms with Gasteiger partial charge in [-0.2, -0.15) is 0 Å². The molecule has 8 heteroatoms. The van der Waals surface area contributed by atoms with Crippen LogP contribution in [0.5, 0.6) is 17.2 Å². The van der Waals surface area contributed by atoms with Crippen LogP contribution >= 0.6 is 0 Å². The number of carbonyl (C=O) groups is 1. The molecule has 0 fully saturated rings. The lowest BCUT2D eigenvalue weighted by atomic mass is 10.1. The third-order valence-electron chi connectivity index (χ3n) is 4.73. The summed E-state index contributed by atoms with van der Waals surface area (Å²) >= 11 is 0. The van der Waals surface area contributed by atoms with Crippen molar-refractivity contribution in [3.05, 3.63) is 48.0 Å². The quantitative estimate of drug-likeness (QED) is 0.460. The summed E-state index contributed by atoms with van der Waals surface area (Å²) in [5.41, 5.74) is 2.02. The highest BCUT2D eigenvalue weighted by molar-refractivity contribution is 5.93. The lowest BCUT2D eigenvalue weighted by molar-refractivity contribution is -0.128. The minimum absolute atomic E-state index is 0.0450. The fourth-order valence-electron chi connectivity index (χ4n) is 3.07. The van der Waals surface area contributed by atoms with Gasteiger partial charge in [0.2, 0.25) is 12.7 Å². The molecule has 0 saturated carbocycles. The molecule has 0 saturated heterocycles. The summed E-state index contributed by atoms with van der Waals surface area (Å²) in [5, 5.41) is 6.65. The molecule has 1 aliphatic rings. The second-order valence-electron chi connectivity index (χ2n) is 7.95. The number of ether oxygens (including phenoxy) is 3. The van der Waals surface area contributed by atoms with Gasteiger partial charge in [0.25, 0.3) is 0 Å². The Balaban J connectivity index is 1.60. The predicted octanol–water partition coefficient (Wildman–Crippen LogP) is 3.28. The third kappa shape index (κ3) is 7.08. The lowest BCUT2D eigenvalue weighted by Crippen LogP contribution is -2.33. The van der Waals surface area contributed by atoms with E-state index in [1.807, 2.05) is 56.3 Å². The van der Waals surface area contributed by atoms with Crippen LogP contribution in [-0.2, 0) is 11.2 Å². The van der Waals surface area contributed by atoms with E-state index in [1.165, 1.54) is 0 Å². The average molecular weight is 441 g/mol. The molecule has 0 atom stereocenters. The Morgan fingerprint density at radius 3 is 2.59 bits per heavy atom. The van der Waals surface area contributed by atoms with Crippen molar-refractivity contribution < 1.29 is 19.0 Å². The Labute approximate surface area is 189 Å². The van der Waals surface area contributed by atoms with E-state index in [1.54, 1.807) is 19.0 Å². The molecule has 0 unspecified atom stereocenters. The standard InChI is InChI=1S/C24H32N4O4/c1-17(2)32-20-8-6-19(7-9-20)27-24(26-14-12-23(29)28(3)4)25-13-11-18-5-10-21-22(15-18)31-16-30-21/h5-10,15,17H,11-14,16H2,1-4H3,(H2,25,26,27). The third-order valence-corrected chi connectivity index (χ3v) is 4.73. The molecular weight excluding hydrogens is 408 g/mol. The van der Waals surface area contributed by atoms with Gasteiger partial charge in [-0.15, -0.1) is 0 Å². The minimum atomic E-state index is 0.0450. The van der Waals surface area contributed by atoms with Crippen molar-refractivity contribution in [3.8, 4) is 17.2 Å². The molecule has 1 aliphatic heterocycles. The molecular formula is C24H32N4O4. The van der Waals surface area contributed by atoms with Crippen molar-refractivity contribution in [2.45, 2.75) is 32.8 Å². The van der Waals surface area contributed by atoms with Crippen molar-refractivity contribution >= 4 is 17.6 Å². The van der Waals surface area contributed by atoms with Gasteiger partial charge >= 0.3 is 0 Å². The molecule has 2 aromatic carbocycles. The molecule has 0 radical (unpaired) electrons. The fourth-order valence-corrected chi connectivity index (χ4v) is 3.07. The maximum Gasteiger partial charge on any atom is 0.231 e. The number of carbonyl (C=O) groups excluding carboxylic acids is 1. The van der Waals surface area contributed by atoms with E-state index in [2.05, 4.69) is 15.6 Å². The molecule has 2 aromatic rings. The van der Waals surface area contributed by atoms with Crippen LogP contribution < -0.4 is 24.8 Å². The van der Waals surface area contributed by atoms with Gasteiger partial charge in [-0.25, -0.2) is 0 Å². The van der Waals surface area contributed by atoms with Crippen molar-refractivity contribution in [2.24, 2.45) is 4.99 Å². The first kappa shape index (κ1) is 23.2. The molecule has 1 amide bonds. The van der Waals surface area contributed by atoms with Gasteiger partial charge < -0.3 is 29.7 Å². The van der Waals surface area contributed by atoms with E-state index >= 15 is 0 Å². The monoisotopic (exact) mass is 440 g/mol. The van der Waals surface area contributed by atoms with E-state index in [9.17, 15) is 4.79 Å². The molecule has 3 rings (SSSR count). The highest BCUT2D eigenvalue weighted by Gasteiger charge is 2.13. The van der Waals surface area contributed by atoms with Gasteiger partial charge in [-0.3, -0.25) is 9.79 Å². The smallest absolute Gasteiger partial charge is 0.231 e. The Hall–Kier alpha value is -3.42. The molecule has 32 heavy (non-hydrogen) atoms. The molecule has 0 bridgehead atoms. The lowest BCUT2D eigenvalue weighted by Gasteiger charge is -2.15. The molecule has 0 aromatic heterocycles. The zero-order chi connectivity index (χ0) is 22.9. The number of hydrogen-bond acceptors (Lipinski definition) is 5. The second-order valence-corrected chi connectivity index (χ2v) is 7.95. The highest BCUT2D eigenvalue weighted by atomic mass is 16.7. The number of hydrogen-bond donors (Lipinski definition) is 2. The van der Waals surface area contributed by atoms with Crippen LogP contribution in [0.15, 0.2) is 47.5 Å². The number of anilines is 1. The van der Waals surface area contributed by atoms with Gasteiger partial charge in [-0.05, 0) is 62.2 Å². The number of fused-ring (bicyclic) bond motifs is 1. The number of aliphatic imine (C=N–C) groups is 1. The summed E-state index contributed by atoms with van der Waals surface area (Å²) in [7, 11) is 3.49. The number of rotatable bonds is 9. The van der Waals surface area contributed by atoms with Gasteiger partial charge in [-0.1, -0.05) is 6.07 Å². The summed E-state index contributed by atoms with van der Waals surface area (Å²) in [6.07, 6.45) is 1.26. The molecule has 1 heterocycles. The molecule has 0 spiro atoms. The first-order valence-corrected chi connectivity index (χ1v) is 10.8. The summed E-state index contributed by atoms with van der Waals surface area (Å²) in [6.45, 7) is 5.32. The summed E-state index contributed by atoms with van der Waals surface area (Å²) in [4.78, 5) is 18.0. The van der Waals surface area contributed by atoms with Crippen molar-refractivity contribution in [1.29, 1.82) is 0 Å². The maximum atomic E-state index is 11.9. The zero-order valence-corrected chi connectivity index (χ0v) is 19.2. The van der Waals surface area contributed by atoms with Gasteiger partial charge in [0, 0.05) is 32.7 Å². The van der Waals surface area contributed by atoms with Crippen molar-refractivity contribution in [3.63, 3.8) is 0 Å². The zero-order valence-electron chi connectivity index (χ0n) is 19.2. The second kappa shape index (κ2) is 11.3. The molecule has 0 aliphatic carbocycles. The molecule has 8 nitrogen and oxygen atoms in total. The summed E-state index contributed by atoms with van der Waals surface area (Å²) < 4.78 is 16.5. The van der Waals surface area contributed by atoms with Gasteiger partial charge in [0.05, 0.1) is 12.6 Å². The topological polar surface area (TPSA) is 84.4 Å². The van der Waals surface area contributed by atoms with Crippen LogP contribution in [-0.4, -0.2) is 56.8 Å². The molecule has 172 valence electrons. The van der Waals surface area contributed by atoms with E-state index in [0.29, 0.717) is 25.5 Å². The summed E-state index contributed by atoms with van der Waals surface area (Å²) in [5.74, 6) is 3.04. The van der Waals surface area contributed by atoms with Crippen LogP contribution in [0.1, 0.15) is 25.8 Å². The first-order valence-electron chi connectivity index (χ1n) is 10.8. The first-order chi connectivity index (χ1) is 15.4. The van der Waals surface area contributed by atoms with Crippen molar-refractivity contribution in [2.75, 3.05) is 39.3 Å². The number of amides is 1. The van der Waals surface area contributed by atoms with Crippen LogP contribution in [0.25, 0.3) is 0 Å². The fraction of sp³-hybridized carbons (Fsp3) is 0.417. The van der Waals surface area contributed by atoms with E-state index in [4.69, 9.17) is 14.2 Å². The normalized spacial score (nSPS) is 12.6. The highest BCUT2D eigenvalue weighted by Crippen LogP contribution is 2.32. The van der Waals surface area contributed by atoms with E-state index in [0.717, 1.165) is 34.9 Å².